The summed E-state index contributed by atoms with van der Waals surface area (Å²) in [6, 6.07) is 26.0. The van der Waals surface area contributed by atoms with E-state index in [1.807, 2.05) is 72.8 Å². The van der Waals surface area contributed by atoms with E-state index in [-0.39, 0.29) is 23.6 Å². The van der Waals surface area contributed by atoms with Gasteiger partial charge in [-0.2, -0.15) is 0 Å². The van der Waals surface area contributed by atoms with Crippen molar-refractivity contribution in [3.8, 4) is 22.9 Å². The minimum Gasteiger partial charge on any atom is -0.497 e. The van der Waals surface area contributed by atoms with Gasteiger partial charge < -0.3 is 19.6 Å². The third-order valence-corrected chi connectivity index (χ3v) is 5.12. The lowest BCUT2D eigenvalue weighted by atomic mass is 9.97. The van der Waals surface area contributed by atoms with Gasteiger partial charge in [0.2, 0.25) is 0 Å². The lowest BCUT2D eigenvalue weighted by Crippen LogP contribution is -2.12. The van der Waals surface area contributed by atoms with E-state index < -0.39 is 5.97 Å². The highest BCUT2D eigenvalue weighted by molar-refractivity contribution is 6.21. The number of methoxy groups -OCH3 is 1. The largest absolute Gasteiger partial charge is 0.497 e. The van der Waals surface area contributed by atoms with Crippen LogP contribution in [0.25, 0.3) is 11.3 Å². The van der Waals surface area contributed by atoms with Crippen molar-refractivity contribution in [2.45, 2.75) is 6.92 Å². The molecule has 2 N–H and O–H groups in total. The van der Waals surface area contributed by atoms with Gasteiger partial charge in [-0.3, -0.25) is 0 Å². The fraction of sp³-hybridized carbons (Fsp3) is 0.111. The summed E-state index contributed by atoms with van der Waals surface area (Å²) in [7, 11) is 1.60. The maximum absolute atomic E-state index is 13.1. The van der Waals surface area contributed by atoms with Crippen LogP contribution in [0.15, 0.2) is 89.9 Å². The van der Waals surface area contributed by atoms with Crippen LogP contribution >= 0.6 is 0 Å². The molecular formula is C27H24N2O4. The van der Waals surface area contributed by atoms with Gasteiger partial charge in [0, 0.05) is 5.56 Å². The number of nitrogens with zero attached hydrogens (tertiary/aromatic N) is 1. The Bertz CT molecular complexity index is 1260. The number of hydrogen-bond donors (Lipinski definition) is 2. The van der Waals surface area contributed by atoms with Crippen molar-refractivity contribution < 1.29 is 19.4 Å². The average Bonchev–Trinajstić information content (AvgIpc) is 3.21. The van der Waals surface area contributed by atoms with E-state index in [0.29, 0.717) is 22.8 Å². The molecule has 6 nitrogen and oxygen atoms in total. The maximum Gasteiger partial charge on any atom is 0.341 e. The summed E-state index contributed by atoms with van der Waals surface area (Å²) in [5.74, 6) is 0.00700. The molecule has 0 unspecified atom stereocenters. The number of carbonyl (C=O) groups excluding carboxylic acids is 1. The molecule has 1 aromatic heterocycles. The number of nitrogens with one attached hydrogen (secondary N) is 1. The number of rotatable bonds is 7. The van der Waals surface area contributed by atoms with Crippen LogP contribution in [0.2, 0.25) is 0 Å². The van der Waals surface area contributed by atoms with Gasteiger partial charge in [-0.05, 0) is 36.8 Å². The highest BCUT2D eigenvalue weighted by atomic mass is 16.5. The van der Waals surface area contributed by atoms with Gasteiger partial charge in [-0.25, -0.2) is 9.79 Å². The molecule has 0 spiro atoms. The van der Waals surface area contributed by atoms with E-state index in [1.54, 1.807) is 26.2 Å². The molecule has 166 valence electrons. The third kappa shape index (κ3) is 4.65. The van der Waals surface area contributed by atoms with Gasteiger partial charge >= 0.3 is 5.97 Å². The predicted molar refractivity (Wildman–Crippen MR) is 129 cm³/mol. The average molecular weight is 440 g/mol. The lowest BCUT2D eigenvalue weighted by Gasteiger charge is -2.11. The van der Waals surface area contributed by atoms with Crippen molar-refractivity contribution in [1.29, 1.82) is 0 Å². The minimum absolute atomic E-state index is 0.159. The molecule has 3 aromatic carbocycles. The Kier molecular flexibility index (Phi) is 6.55. The van der Waals surface area contributed by atoms with Gasteiger partial charge in [0.1, 0.15) is 5.75 Å². The van der Waals surface area contributed by atoms with Crippen molar-refractivity contribution >= 4 is 17.4 Å². The zero-order chi connectivity index (χ0) is 23.2. The number of aromatic hydroxyl groups is 1. The van der Waals surface area contributed by atoms with Gasteiger partial charge in [-0.1, -0.05) is 60.7 Å². The normalized spacial score (nSPS) is 11.3. The third-order valence-electron chi connectivity index (χ3n) is 5.12. The van der Waals surface area contributed by atoms with Crippen LogP contribution in [0.3, 0.4) is 0 Å². The quantitative estimate of drug-likeness (QED) is 0.283. The van der Waals surface area contributed by atoms with E-state index in [1.165, 1.54) is 0 Å². The standard InChI is InChI=1S/C27H24N2O4/c1-3-33-27(31)23-22(26(30)29-25(23)19-12-8-5-9-13-19)24(18-10-6-4-7-11-18)28-20-14-16-21(32-2)17-15-20/h4-17,29-30H,3H2,1-2H3. The lowest BCUT2D eigenvalue weighted by molar-refractivity contribution is 0.0527. The first-order valence-corrected chi connectivity index (χ1v) is 10.6. The van der Waals surface area contributed by atoms with Crippen LogP contribution in [-0.2, 0) is 4.74 Å². The Hall–Kier alpha value is -4.32. The summed E-state index contributed by atoms with van der Waals surface area (Å²) in [5.41, 5.74) is 3.57. The molecule has 0 aliphatic heterocycles. The zero-order valence-corrected chi connectivity index (χ0v) is 18.4. The number of benzene rings is 3. The summed E-state index contributed by atoms with van der Waals surface area (Å²) >= 11 is 0. The van der Waals surface area contributed by atoms with E-state index in [2.05, 4.69) is 4.98 Å². The number of H-pyrrole nitrogens is 1. The van der Waals surface area contributed by atoms with E-state index in [9.17, 15) is 9.90 Å². The Labute approximate surface area is 192 Å². The monoisotopic (exact) mass is 440 g/mol. The molecule has 0 amide bonds. The number of ether oxygens (including phenoxy) is 2. The van der Waals surface area contributed by atoms with Crippen LogP contribution in [0.1, 0.15) is 28.4 Å². The molecule has 0 bridgehead atoms. The van der Waals surface area contributed by atoms with Gasteiger partial charge in [0.05, 0.1) is 41.9 Å². The second-order valence-corrected chi connectivity index (χ2v) is 7.21. The fourth-order valence-corrected chi connectivity index (χ4v) is 3.59. The van der Waals surface area contributed by atoms with Gasteiger partial charge in [-0.15, -0.1) is 0 Å². The summed E-state index contributed by atoms with van der Waals surface area (Å²) in [4.78, 5) is 20.9. The number of carbonyl (C=O) groups is 1. The molecule has 4 rings (SSSR count). The van der Waals surface area contributed by atoms with E-state index in [0.717, 1.165) is 11.1 Å². The molecule has 0 fully saturated rings. The number of aromatic amines is 1. The Morgan fingerprint density at radius 3 is 2.15 bits per heavy atom. The first kappa shape index (κ1) is 21.9. The maximum atomic E-state index is 13.1. The fourth-order valence-electron chi connectivity index (χ4n) is 3.59. The zero-order valence-electron chi connectivity index (χ0n) is 18.4. The summed E-state index contributed by atoms with van der Waals surface area (Å²) < 4.78 is 10.6. The second kappa shape index (κ2) is 9.87. The molecule has 0 aliphatic carbocycles. The predicted octanol–water partition coefficient (Wildman–Crippen LogP) is 5.74. The molecule has 1 heterocycles. The van der Waals surface area contributed by atoms with Crippen LogP contribution in [0.4, 0.5) is 5.69 Å². The van der Waals surface area contributed by atoms with Crippen molar-refractivity contribution in [1.82, 2.24) is 4.98 Å². The summed E-state index contributed by atoms with van der Waals surface area (Å²) in [5, 5.41) is 11.0. The number of esters is 1. The van der Waals surface area contributed by atoms with Crippen molar-refractivity contribution in [3.63, 3.8) is 0 Å². The SMILES string of the molecule is CCOC(=O)c1c(-c2ccccc2)[nH]c(O)c1C(=Nc1ccc(OC)cc1)c1ccccc1. The first-order valence-electron chi connectivity index (χ1n) is 10.6. The topological polar surface area (TPSA) is 83.9 Å². The number of hydrogen-bond acceptors (Lipinski definition) is 5. The Morgan fingerprint density at radius 2 is 1.55 bits per heavy atom. The second-order valence-electron chi connectivity index (χ2n) is 7.21. The van der Waals surface area contributed by atoms with Crippen LogP contribution in [-0.4, -0.2) is 35.5 Å². The number of aromatic nitrogens is 1. The van der Waals surface area contributed by atoms with Gasteiger partial charge in [0.15, 0.2) is 5.88 Å². The van der Waals surface area contributed by atoms with Crippen molar-refractivity contribution in [3.05, 3.63) is 102 Å². The highest BCUT2D eigenvalue weighted by Gasteiger charge is 2.29. The number of aliphatic imine (C=N–C) groups is 1. The minimum atomic E-state index is -0.540. The Balaban J connectivity index is 1.97. The van der Waals surface area contributed by atoms with Crippen LogP contribution in [0.5, 0.6) is 11.6 Å². The molecule has 33 heavy (non-hydrogen) atoms. The molecular weight excluding hydrogens is 416 g/mol. The van der Waals surface area contributed by atoms with Crippen LogP contribution < -0.4 is 4.74 Å². The Morgan fingerprint density at radius 1 is 0.909 bits per heavy atom. The molecule has 6 heteroatoms. The molecule has 4 aromatic rings. The summed E-state index contributed by atoms with van der Waals surface area (Å²) in [6.45, 7) is 1.95. The molecule has 0 radical (unpaired) electrons. The molecule has 0 saturated carbocycles. The highest BCUT2D eigenvalue weighted by Crippen LogP contribution is 2.35. The smallest absolute Gasteiger partial charge is 0.341 e. The molecule has 0 saturated heterocycles. The van der Waals surface area contributed by atoms with Crippen molar-refractivity contribution in [2.24, 2.45) is 4.99 Å². The molecule has 0 atom stereocenters. The van der Waals surface area contributed by atoms with Gasteiger partial charge in [0.25, 0.3) is 0 Å². The van der Waals surface area contributed by atoms with E-state index >= 15 is 0 Å². The van der Waals surface area contributed by atoms with Crippen molar-refractivity contribution in [2.75, 3.05) is 13.7 Å². The first-order chi connectivity index (χ1) is 16.1. The van der Waals surface area contributed by atoms with Crippen LogP contribution in [0, 0.1) is 0 Å². The molecule has 0 aliphatic rings. The van der Waals surface area contributed by atoms with E-state index in [4.69, 9.17) is 14.5 Å². The summed E-state index contributed by atoms with van der Waals surface area (Å²) in [6.07, 6.45) is 0.